The van der Waals surface area contributed by atoms with E-state index in [1.54, 1.807) is 0 Å². The molecule has 2 unspecified atom stereocenters. The summed E-state index contributed by atoms with van der Waals surface area (Å²) >= 11 is 6.12. The van der Waals surface area contributed by atoms with E-state index in [1.807, 2.05) is 0 Å². The van der Waals surface area contributed by atoms with Crippen molar-refractivity contribution in [1.29, 1.82) is 0 Å². The minimum atomic E-state index is 0.227. The van der Waals surface area contributed by atoms with E-state index in [-0.39, 0.29) is 6.10 Å². The Morgan fingerprint density at radius 2 is 2.24 bits per heavy atom. The van der Waals surface area contributed by atoms with Crippen LogP contribution in [-0.2, 0) is 11.2 Å². The van der Waals surface area contributed by atoms with Gasteiger partial charge in [0.2, 0.25) is 0 Å². The molecule has 0 aromatic carbocycles. The average molecular weight is 256 g/mol. The number of nitrogens with zero attached hydrogens (tertiary/aromatic N) is 3. The van der Waals surface area contributed by atoms with Crippen LogP contribution in [0.5, 0.6) is 0 Å². The molecule has 2 heterocycles. The third-order valence-electron chi connectivity index (χ3n) is 3.10. The molecule has 0 bridgehead atoms. The normalized spacial score (nSPS) is 25.1. The van der Waals surface area contributed by atoms with Gasteiger partial charge in [-0.3, -0.25) is 0 Å². The van der Waals surface area contributed by atoms with Crippen molar-refractivity contribution in [3.05, 3.63) is 17.0 Å². The van der Waals surface area contributed by atoms with Gasteiger partial charge in [0.15, 0.2) is 0 Å². The van der Waals surface area contributed by atoms with Crippen molar-refractivity contribution in [2.45, 2.75) is 39.3 Å². The van der Waals surface area contributed by atoms with Gasteiger partial charge in [-0.2, -0.15) is 0 Å². The monoisotopic (exact) mass is 255 g/mol. The lowest BCUT2D eigenvalue weighted by Gasteiger charge is -2.38. The molecule has 17 heavy (non-hydrogen) atoms. The highest BCUT2D eigenvalue weighted by atomic mass is 35.5. The summed E-state index contributed by atoms with van der Waals surface area (Å²) < 4.78 is 5.63. The summed E-state index contributed by atoms with van der Waals surface area (Å²) in [5.41, 5.74) is 1.02. The van der Waals surface area contributed by atoms with Gasteiger partial charge >= 0.3 is 0 Å². The summed E-state index contributed by atoms with van der Waals surface area (Å²) in [4.78, 5) is 10.7. The fourth-order valence-electron chi connectivity index (χ4n) is 2.13. The van der Waals surface area contributed by atoms with Crippen LogP contribution >= 0.6 is 11.6 Å². The van der Waals surface area contributed by atoms with Crippen molar-refractivity contribution in [3.63, 3.8) is 0 Å². The van der Waals surface area contributed by atoms with E-state index in [0.29, 0.717) is 11.2 Å². The van der Waals surface area contributed by atoms with Crippen LogP contribution in [0.25, 0.3) is 0 Å². The van der Waals surface area contributed by atoms with E-state index in [9.17, 15) is 0 Å². The summed E-state index contributed by atoms with van der Waals surface area (Å²) in [6.07, 6.45) is 2.60. The molecule has 2 atom stereocenters. The number of hydrogen-bond acceptors (Lipinski definition) is 4. The third-order valence-corrected chi connectivity index (χ3v) is 3.43. The van der Waals surface area contributed by atoms with Crippen LogP contribution in [0.15, 0.2) is 6.33 Å². The van der Waals surface area contributed by atoms with Gasteiger partial charge in [-0.15, -0.1) is 0 Å². The zero-order valence-electron chi connectivity index (χ0n) is 10.5. The predicted octanol–water partition coefficient (Wildman–Crippen LogP) is 2.31. The van der Waals surface area contributed by atoms with E-state index in [2.05, 4.69) is 35.6 Å². The Morgan fingerprint density at radius 1 is 1.47 bits per heavy atom. The van der Waals surface area contributed by atoms with Gasteiger partial charge in [-0.25, -0.2) is 9.97 Å². The molecule has 1 aromatic heterocycles. The highest BCUT2D eigenvalue weighted by molar-refractivity contribution is 6.30. The van der Waals surface area contributed by atoms with Crippen molar-refractivity contribution in [2.24, 2.45) is 0 Å². The van der Waals surface area contributed by atoms with Crippen LogP contribution in [0.1, 0.15) is 26.3 Å². The quantitative estimate of drug-likeness (QED) is 0.760. The van der Waals surface area contributed by atoms with E-state index in [0.717, 1.165) is 31.0 Å². The molecule has 0 aliphatic carbocycles. The molecule has 1 fully saturated rings. The third kappa shape index (κ3) is 2.53. The first-order valence-electron chi connectivity index (χ1n) is 6.01. The number of hydrogen-bond donors (Lipinski definition) is 0. The van der Waals surface area contributed by atoms with Crippen LogP contribution in [0.4, 0.5) is 5.82 Å². The van der Waals surface area contributed by atoms with Crippen molar-refractivity contribution in [1.82, 2.24) is 9.97 Å². The second-order valence-corrected chi connectivity index (χ2v) is 4.82. The van der Waals surface area contributed by atoms with Crippen molar-refractivity contribution >= 4 is 17.4 Å². The Morgan fingerprint density at radius 3 is 2.94 bits per heavy atom. The topological polar surface area (TPSA) is 38.2 Å². The number of ether oxygens (including phenoxy) is 1. The first-order chi connectivity index (χ1) is 8.13. The molecule has 0 radical (unpaired) electrons. The molecule has 2 rings (SSSR count). The lowest BCUT2D eigenvalue weighted by molar-refractivity contribution is 0.0339. The zero-order chi connectivity index (χ0) is 12.4. The second-order valence-electron chi connectivity index (χ2n) is 4.47. The minimum absolute atomic E-state index is 0.227. The molecular formula is C12H18ClN3O. The van der Waals surface area contributed by atoms with Gasteiger partial charge in [0, 0.05) is 12.1 Å². The first kappa shape index (κ1) is 12.6. The SMILES string of the molecule is CCc1c(Cl)ncnc1N1CC(C)OCC1C. The fourth-order valence-corrected chi connectivity index (χ4v) is 2.39. The molecule has 1 aliphatic rings. The van der Waals surface area contributed by atoms with Gasteiger partial charge in [0.25, 0.3) is 0 Å². The van der Waals surface area contributed by atoms with Crippen LogP contribution in [0, 0.1) is 0 Å². The molecule has 4 nitrogen and oxygen atoms in total. The lowest BCUT2D eigenvalue weighted by atomic mass is 10.1. The highest BCUT2D eigenvalue weighted by Gasteiger charge is 2.26. The Labute approximate surface area is 107 Å². The number of morpholine rings is 1. The van der Waals surface area contributed by atoms with E-state index in [1.165, 1.54) is 6.33 Å². The zero-order valence-corrected chi connectivity index (χ0v) is 11.2. The molecule has 0 N–H and O–H groups in total. The number of aromatic nitrogens is 2. The molecule has 0 spiro atoms. The first-order valence-corrected chi connectivity index (χ1v) is 6.38. The molecule has 94 valence electrons. The number of halogens is 1. The molecule has 0 amide bonds. The summed E-state index contributed by atoms with van der Waals surface area (Å²) in [6.45, 7) is 7.87. The summed E-state index contributed by atoms with van der Waals surface area (Å²) in [6, 6.07) is 0.322. The van der Waals surface area contributed by atoms with Gasteiger partial charge in [-0.05, 0) is 20.3 Å². The summed E-state index contributed by atoms with van der Waals surface area (Å²) in [7, 11) is 0. The van der Waals surface area contributed by atoms with E-state index >= 15 is 0 Å². The van der Waals surface area contributed by atoms with Crippen LogP contribution < -0.4 is 4.90 Å². The van der Waals surface area contributed by atoms with Crippen LogP contribution in [-0.4, -0.2) is 35.3 Å². The Balaban J connectivity index is 2.35. The van der Waals surface area contributed by atoms with Gasteiger partial charge in [0.1, 0.15) is 17.3 Å². The maximum atomic E-state index is 6.12. The van der Waals surface area contributed by atoms with Crippen LogP contribution in [0.3, 0.4) is 0 Å². The van der Waals surface area contributed by atoms with Crippen molar-refractivity contribution in [2.75, 3.05) is 18.1 Å². The van der Waals surface area contributed by atoms with E-state index < -0.39 is 0 Å². The lowest BCUT2D eigenvalue weighted by Crippen LogP contribution is -2.48. The molecule has 1 aromatic rings. The standard InChI is InChI=1S/C12H18ClN3O/c1-4-10-11(13)14-7-15-12(10)16-5-9(3)17-6-8(16)2/h7-9H,4-6H2,1-3H3. The largest absolute Gasteiger partial charge is 0.375 e. The number of anilines is 1. The molecule has 1 aliphatic heterocycles. The number of rotatable bonds is 2. The van der Waals surface area contributed by atoms with Crippen LogP contribution in [0.2, 0.25) is 5.15 Å². The predicted molar refractivity (Wildman–Crippen MR) is 68.6 cm³/mol. The molecule has 5 heteroatoms. The molecule has 1 saturated heterocycles. The Bertz CT molecular complexity index is 399. The smallest absolute Gasteiger partial charge is 0.137 e. The van der Waals surface area contributed by atoms with Crippen molar-refractivity contribution in [3.8, 4) is 0 Å². The highest BCUT2D eigenvalue weighted by Crippen LogP contribution is 2.27. The fraction of sp³-hybridized carbons (Fsp3) is 0.667. The maximum Gasteiger partial charge on any atom is 0.137 e. The second kappa shape index (κ2) is 5.19. The van der Waals surface area contributed by atoms with Gasteiger partial charge in [0.05, 0.1) is 18.8 Å². The maximum absolute atomic E-state index is 6.12. The van der Waals surface area contributed by atoms with Crippen molar-refractivity contribution < 1.29 is 4.74 Å². The Kier molecular flexibility index (Phi) is 3.84. The van der Waals surface area contributed by atoms with Gasteiger partial charge < -0.3 is 9.64 Å². The molecule has 0 saturated carbocycles. The summed E-state index contributed by atoms with van der Waals surface area (Å²) in [5.74, 6) is 0.954. The Hall–Kier alpha value is -0.870. The molecular weight excluding hydrogens is 238 g/mol. The average Bonchev–Trinajstić information content (AvgIpc) is 2.32. The van der Waals surface area contributed by atoms with Gasteiger partial charge in [-0.1, -0.05) is 18.5 Å². The van der Waals surface area contributed by atoms with E-state index in [4.69, 9.17) is 16.3 Å². The minimum Gasteiger partial charge on any atom is -0.375 e. The summed E-state index contributed by atoms with van der Waals surface area (Å²) in [5, 5.41) is 0.559.